The van der Waals surface area contributed by atoms with Crippen molar-refractivity contribution in [3.05, 3.63) is 56.2 Å². The quantitative estimate of drug-likeness (QED) is 0.736. The van der Waals surface area contributed by atoms with Gasteiger partial charge in [-0.25, -0.2) is 0 Å². The van der Waals surface area contributed by atoms with Crippen LogP contribution >= 0.6 is 34.5 Å². The van der Waals surface area contributed by atoms with Crippen LogP contribution in [0, 0.1) is 0 Å². The van der Waals surface area contributed by atoms with Crippen LogP contribution in [0.5, 0.6) is 0 Å². The highest BCUT2D eigenvalue weighted by Crippen LogP contribution is 2.28. The maximum Gasteiger partial charge on any atom is 0.0566 e. The molecule has 124 valence electrons. The molecule has 2 nitrogen and oxygen atoms in total. The molecule has 0 radical (unpaired) electrons. The molecule has 0 amide bonds. The Morgan fingerprint density at radius 1 is 1.13 bits per heavy atom. The molecule has 0 aliphatic carbocycles. The number of piperidine rings is 1. The Bertz CT molecular complexity index is 609. The fourth-order valence-electron chi connectivity index (χ4n) is 3.13. The van der Waals surface area contributed by atoms with Crippen molar-refractivity contribution in [2.45, 2.75) is 31.8 Å². The van der Waals surface area contributed by atoms with Crippen LogP contribution in [0.15, 0.2) is 35.7 Å². The molecule has 3 rings (SSSR count). The normalized spacial score (nSPS) is 17.3. The van der Waals surface area contributed by atoms with Gasteiger partial charge >= 0.3 is 0 Å². The molecule has 0 spiro atoms. The fraction of sp³-hybridized carbons (Fsp3) is 0.444. The van der Waals surface area contributed by atoms with Crippen molar-refractivity contribution in [2.75, 3.05) is 19.6 Å². The van der Waals surface area contributed by atoms with Crippen molar-refractivity contribution in [3.63, 3.8) is 0 Å². The molecular formula is C18H22Cl2N2S. The summed E-state index contributed by atoms with van der Waals surface area (Å²) < 4.78 is 0. The van der Waals surface area contributed by atoms with Crippen LogP contribution in [0.4, 0.5) is 0 Å². The van der Waals surface area contributed by atoms with E-state index in [4.69, 9.17) is 23.2 Å². The van der Waals surface area contributed by atoms with Gasteiger partial charge in [-0.15, -0.1) is 11.3 Å². The van der Waals surface area contributed by atoms with Crippen molar-refractivity contribution >= 4 is 34.5 Å². The van der Waals surface area contributed by atoms with E-state index in [9.17, 15) is 0 Å². The zero-order valence-corrected chi connectivity index (χ0v) is 15.4. The third-order valence-corrected chi connectivity index (χ3v) is 5.93. The van der Waals surface area contributed by atoms with Crippen molar-refractivity contribution in [1.29, 1.82) is 0 Å². The Morgan fingerprint density at radius 2 is 1.96 bits per heavy atom. The molecule has 1 saturated heterocycles. The van der Waals surface area contributed by atoms with Crippen molar-refractivity contribution < 1.29 is 0 Å². The first kappa shape index (κ1) is 17.2. The summed E-state index contributed by atoms with van der Waals surface area (Å²) >= 11 is 14.1. The van der Waals surface area contributed by atoms with E-state index in [1.807, 2.05) is 29.5 Å². The minimum atomic E-state index is 0.460. The SMILES string of the molecule is Clc1ccc(CNCC(c2cccs2)N2CCCCC2)c(Cl)c1. The number of nitrogens with one attached hydrogen (secondary N) is 1. The van der Waals surface area contributed by atoms with Gasteiger partial charge < -0.3 is 5.32 Å². The lowest BCUT2D eigenvalue weighted by Gasteiger charge is -2.34. The molecule has 1 aromatic carbocycles. The van der Waals surface area contributed by atoms with Gasteiger partial charge in [0.1, 0.15) is 0 Å². The molecule has 1 fully saturated rings. The number of halogens is 2. The van der Waals surface area contributed by atoms with Crippen LogP contribution in [0.25, 0.3) is 0 Å². The summed E-state index contributed by atoms with van der Waals surface area (Å²) in [5, 5.41) is 7.17. The van der Waals surface area contributed by atoms with E-state index < -0.39 is 0 Å². The first-order valence-electron chi connectivity index (χ1n) is 8.16. The second-order valence-electron chi connectivity index (χ2n) is 5.99. The summed E-state index contributed by atoms with van der Waals surface area (Å²) in [5.74, 6) is 0. The summed E-state index contributed by atoms with van der Waals surface area (Å²) in [5.41, 5.74) is 1.10. The number of hydrogen-bond acceptors (Lipinski definition) is 3. The van der Waals surface area contributed by atoms with Gasteiger partial charge in [-0.2, -0.15) is 0 Å². The molecular weight excluding hydrogens is 347 g/mol. The third-order valence-electron chi connectivity index (χ3n) is 4.37. The van der Waals surface area contributed by atoms with Crippen LogP contribution in [-0.4, -0.2) is 24.5 Å². The summed E-state index contributed by atoms with van der Waals surface area (Å²) in [6, 6.07) is 10.6. The maximum absolute atomic E-state index is 6.26. The summed E-state index contributed by atoms with van der Waals surface area (Å²) in [6.07, 6.45) is 3.98. The number of benzene rings is 1. The second kappa shape index (κ2) is 8.50. The Morgan fingerprint density at radius 3 is 2.65 bits per heavy atom. The highest BCUT2D eigenvalue weighted by atomic mass is 35.5. The van der Waals surface area contributed by atoms with Crippen LogP contribution < -0.4 is 5.32 Å². The Hall–Kier alpha value is -0.580. The molecule has 1 unspecified atom stereocenters. The van der Waals surface area contributed by atoms with Crippen LogP contribution in [-0.2, 0) is 6.54 Å². The smallest absolute Gasteiger partial charge is 0.0566 e. The molecule has 1 aliphatic heterocycles. The van der Waals surface area contributed by atoms with Crippen molar-refractivity contribution in [3.8, 4) is 0 Å². The van der Waals surface area contributed by atoms with E-state index in [2.05, 4.69) is 27.7 Å². The lowest BCUT2D eigenvalue weighted by molar-refractivity contribution is 0.162. The maximum atomic E-state index is 6.26. The van der Waals surface area contributed by atoms with Crippen LogP contribution in [0.1, 0.15) is 35.7 Å². The molecule has 2 aromatic rings. The molecule has 1 aliphatic rings. The summed E-state index contributed by atoms with van der Waals surface area (Å²) in [4.78, 5) is 4.06. The first-order chi connectivity index (χ1) is 11.2. The van der Waals surface area contributed by atoms with Gasteiger partial charge in [0.05, 0.1) is 6.04 Å². The van der Waals surface area contributed by atoms with E-state index >= 15 is 0 Å². The van der Waals surface area contributed by atoms with Crippen molar-refractivity contribution in [1.82, 2.24) is 10.2 Å². The topological polar surface area (TPSA) is 15.3 Å². The lowest BCUT2D eigenvalue weighted by Crippen LogP contribution is -2.38. The Labute approximate surface area is 152 Å². The molecule has 0 bridgehead atoms. The first-order valence-corrected chi connectivity index (χ1v) is 9.79. The van der Waals surface area contributed by atoms with Crippen LogP contribution in [0.3, 0.4) is 0 Å². The van der Waals surface area contributed by atoms with E-state index in [0.29, 0.717) is 11.1 Å². The minimum absolute atomic E-state index is 0.460. The van der Waals surface area contributed by atoms with E-state index in [1.54, 1.807) is 0 Å². The summed E-state index contributed by atoms with van der Waals surface area (Å²) in [7, 11) is 0. The zero-order chi connectivity index (χ0) is 16.1. The largest absolute Gasteiger partial charge is 0.311 e. The van der Waals surface area contributed by atoms with Gasteiger partial charge in [0, 0.05) is 28.0 Å². The number of thiophene rings is 1. The van der Waals surface area contributed by atoms with Gasteiger partial charge in [-0.1, -0.05) is 41.8 Å². The highest BCUT2D eigenvalue weighted by Gasteiger charge is 2.22. The number of hydrogen-bond donors (Lipinski definition) is 1. The van der Waals surface area contributed by atoms with E-state index in [-0.39, 0.29) is 0 Å². The molecule has 2 heterocycles. The molecule has 1 N–H and O–H groups in total. The monoisotopic (exact) mass is 368 g/mol. The number of rotatable bonds is 6. The Balaban J connectivity index is 1.62. The predicted molar refractivity (Wildman–Crippen MR) is 101 cm³/mol. The molecule has 1 atom stereocenters. The van der Waals surface area contributed by atoms with E-state index in [0.717, 1.165) is 23.7 Å². The standard InChI is InChI=1S/C18H22Cl2N2S/c19-15-7-6-14(16(20)11-15)12-21-13-17(18-5-4-10-23-18)22-8-2-1-3-9-22/h4-7,10-11,17,21H,1-3,8-9,12-13H2. The average molecular weight is 369 g/mol. The lowest BCUT2D eigenvalue weighted by atomic mass is 10.1. The van der Waals surface area contributed by atoms with Gasteiger partial charge in [-0.3, -0.25) is 4.90 Å². The van der Waals surface area contributed by atoms with Gasteiger partial charge in [-0.05, 0) is 55.1 Å². The molecule has 23 heavy (non-hydrogen) atoms. The van der Waals surface area contributed by atoms with Gasteiger partial charge in [0.2, 0.25) is 0 Å². The third kappa shape index (κ3) is 4.71. The predicted octanol–water partition coefficient (Wildman–Crippen LogP) is 5.37. The van der Waals surface area contributed by atoms with Crippen LogP contribution in [0.2, 0.25) is 10.0 Å². The highest BCUT2D eigenvalue weighted by molar-refractivity contribution is 7.10. The Kier molecular flexibility index (Phi) is 6.37. The molecule has 5 heteroatoms. The average Bonchev–Trinajstić information content (AvgIpc) is 3.08. The minimum Gasteiger partial charge on any atom is -0.311 e. The van der Waals surface area contributed by atoms with Crippen molar-refractivity contribution in [2.24, 2.45) is 0 Å². The number of nitrogens with zero attached hydrogens (tertiary/aromatic N) is 1. The van der Waals surface area contributed by atoms with E-state index in [1.165, 1.54) is 37.2 Å². The number of likely N-dealkylation sites (tertiary alicyclic amines) is 1. The summed E-state index contributed by atoms with van der Waals surface area (Å²) in [6.45, 7) is 4.11. The zero-order valence-electron chi connectivity index (χ0n) is 13.1. The van der Waals surface area contributed by atoms with Gasteiger partial charge in [0.15, 0.2) is 0 Å². The molecule has 1 aromatic heterocycles. The fourth-order valence-corrected chi connectivity index (χ4v) is 4.47. The van der Waals surface area contributed by atoms with Gasteiger partial charge in [0.25, 0.3) is 0 Å². The second-order valence-corrected chi connectivity index (χ2v) is 7.82. The molecule has 0 saturated carbocycles.